The van der Waals surface area contributed by atoms with Crippen LogP contribution >= 0.6 is 0 Å². The predicted molar refractivity (Wildman–Crippen MR) is 95.2 cm³/mol. The lowest BCUT2D eigenvalue weighted by atomic mass is 10.1. The normalized spacial score (nSPS) is 18.1. The van der Waals surface area contributed by atoms with Gasteiger partial charge in [-0.05, 0) is 45.4 Å². The highest BCUT2D eigenvalue weighted by Gasteiger charge is 2.28. The Kier molecular flexibility index (Phi) is 5.48. The molecule has 0 unspecified atom stereocenters. The molecule has 0 radical (unpaired) electrons. The van der Waals surface area contributed by atoms with E-state index in [1.165, 1.54) is 0 Å². The van der Waals surface area contributed by atoms with Crippen molar-refractivity contribution in [2.45, 2.75) is 58.2 Å². The van der Waals surface area contributed by atoms with E-state index >= 15 is 0 Å². The van der Waals surface area contributed by atoms with Gasteiger partial charge in [0.15, 0.2) is 0 Å². The molecule has 0 amide bonds. The van der Waals surface area contributed by atoms with Crippen LogP contribution in [0.25, 0.3) is 0 Å². The van der Waals surface area contributed by atoms with Gasteiger partial charge in [0.05, 0.1) is 24.7 Å². The molecule has 3 heterocycles. The Hall–Kier alpha value is -2.21. The molecule has 134 valence electrons. The fourth-order valence-corrected chi connectivity index (χ4v) is 3.53. The number of imidazole rings is 1. The van der Waals surface area contributed by atoms with E-state index in [0.29, 0.717) is 12.5 Å². The van der Waals surface area contributed by atoms with E-state index in [2.05, 4.69) is 34.4 Å². The van der Waals surface area contributed by atoms with Crippen LogP contribution in [0.4, 0.5) is 0 Å². The van der Waals surface area contributed by atoms with E-state index in [0.717, 1.165) is 43.1 Å². The zero-order valence-corrected chi connectivity index (χ0v) is 14.9. The molecule has 2 aromatic heterocycles. The Balaban J connectivity index is 1.74. The second-order valence-corrected chi connectivity index (χ2v) is 6.92. The van der Waals surface area contributed by atoms with Crippen molar-refractivity contribution in [1.82, 2.24) is 19.4 Å². The SMILES string of the molecule is CC(C)n1ccnc1CN1CCC[C@@H]1c1cccc(CCC(=O)O)n1. The molecule has 6 nitrogen and oxygen atoms in total. The molecule has 1 aliphatic rings. The summed E-state index contributed by atoms with van der Waals surface area (Å²) in [6, 6.07) is 6.64. The number of aliphatic carboxylic acids is 1. The third kappa shape index (κ3) is 4.25. The summed E-state index contributed by atoms with van der Waals surface area (Å²) in [4.78, 5) is 22.5. The van der Waals surface area contributed by atoms with Crippen molar-refractivity contribution >= 4 is 5.97 Å². The summed E-state index contributed by atoms with van der Waals surface area (Å²) in [5.41, 5.74) is 1.90. The number of carbonyl (C=O) groups is 1. The van der Waals surface area contributed by atoms with E-state index in [1.807, 2.05) is 24.5 Å². The Labute approximate surface area is 148 Å². The van der Waals surface area contributed by atoms with E-state index in [9.17, 15) is 4.79 Å². The minimum Gasteiger partial charge on any atom is -0.481 e. The largest absolute Gasteiger partial charge is 0.481 e. The number of carboxylic acid groups (broad SMARTS) is 1. The van der Waals surface area contributed by atoms with Crippen LogP contribution in [0.2, 0.25) is 0 Å². The molecule has 2 aromatic rings. The molecule has 0 aliphatic carbocycles. The Morgan fingerprint density at radius 3 is 3.00 bits per heavy atom. The van der Waals surface area contributed by atoms with Crippen molar-refractivity contribution < 1.29 is 9.90 Å². The molecule has 1 aliphatic heterocycles. The fraction of sp³-hybridized carbons (Fsp3) is 0.526. The van der Waals surface area contributed by atoms with E-state index in [4.69, 9.17) is 10.1 Å². The van der Waals surface area contributed by atoms with Gasteiger partial charge in [0.25, 0.3) is 0 Å². The van der Waals surface area contributed by atoms with Crippen molar-refractivity contribution in [2.75, 3.05) is 6.54 Å². The summed E-state index contributed by atoms with van der Waals surface area (Å²) >= 11 is 0. The number of hydrogen-bond acceptors (Lipinski definition) is 4. The van der Waals surface area contributed by atoms with E-state index in [-0.39, 0.29) is 12.5 Å². The van der Waals surface area contributed by atoms with Gasteiger partial charge in [-0.1, -0.05) is 6.07 Å². The monoisotopic (exact) mass is 342 g/mol. The second kappa shape index (κ2) is 7.78. The number of nitrogens with zero attached hydrogens (tertiary/aromatic N) is 4. The van der Waals surface area contributed by atoms with Gasteiger partial charge in [-0.25, -0.2) is 4.98 Å². The average molecular weight is 342 g/mol. The maximum atomic E-state index is 10.8. The summed E-state index contributed by atoms with van der Waals surface area (Å²) in [6.07, 6.45) is 6.73. The lowest BCUT2D eigenvalue weighted by molar-refractivity contribution is -0.136. The van der Waals surface area contributed by atoms with Crippen LogP contribution < -0.4 is 0 Å². The predicted octanol–water partition coefficient (Wildman–Crippen LogP) is 3.21. The standard InChI is InChI=1S/C19H26N4O2/c1-14(2)23-12-10-20-18(23)13-22-11-4-7-17(22)16-6-3-5-15(21-16)8-9-19(24)25/h3,5-6,10,12,14,17H,4,7-9,11,13H2,1-2H3,(H,24,25)/t17-/m1/s1. The average Bonchev–Trinajstić information content (AvgIpc) is 3.23. The minimum absolute atomic E-state index is 0.122. The Morgan fingerprint density at radius 2 is 2.24 bits per heavy atom. The van der Waals surface area contributed by atoms with Crippen LogP contribution in [-0.2, 0) is 17.8 Å². The smallest absolute Gasteiger partial charge is 0.303 e. The van der Waals surface area contributed by atoms with Crippen molar-refractivity contribution in [2.24, 2.45) is 0 Å². The summed E-state index contributed by atoms with van der Waals surface area (Å²) in [6.45, 7) is 6.19. The second-order valence-electron chi connectivity index (χ2n) is 6.92. The topological polar surface area (TPSA) is 71.2 Å². The van der Waals surface area contributed by atoms with Crippen molar-refractivity contribution in [3.63, 3.8) is 0 Å². The van der Waals surface area contributed by atoms with Crippen LogP contribution in [0.3, 0.4) is 0 Å². The molecule has 0 bridgehead atoms. The molecule has 3 rings (SSSR count). The zero-order valence-electron chi connectivity index (χ0n) is 14.9. The number of hydrogen-bond donors (Lipinski definition) is 1. The summed E-state index contributed by atoms with van der Waals surface area (Å²) in [5, 5.41) is 8.87. The van der Waals surface area contributed by atoms with Crippen LogP contribution in [0.5, 0.6) is 0 Å². The maximum Gasteiger partial charge on any atom is 0.303 e. The number of pyridine rings is 1. The summed E-state index contributed by atoms with van der Waals surface area (Å²) in [7, 11) is 0. The molecule has 1 N–H and O–H groups in total. The van der Waals surface area contributed by atoms with E-state index < -0.39 is 5.97 Å². The maximum absolute atomic E-state index is 10.8. The first-order chi connectivity index (χ1) is 12.0. The lowest BCUT2D eigenvalue weighted by Gasteiger charge is -2.25. The molecule has 25 heavy (non-hydrogen) atoms. The number of aryl methyl sites for hydroxylation is 1. The molecular formula is C19H26N4O2. The van der Waals surface area contributed by atoms with Gasteiger partial charge in [0, 0.05) is 30.6 Å². The first kappa shape index (κ1) is 17.6. The highest BCUT2D eigenvalue weighted by atomic mass is 16.4. The van der Waals surface area contributed by atoms with Gasteiger partial charge in [0.1, 0.15) is 5.82 Å². The molecule has 1 saturated heterocycles. The van der Waals surface area contributed by atoms with Gasteiger partial charge in [-0.2, -0.15) is 0 Å². The van der Waals surface area contributed by atoms with Gasteiger partial charge >= 0.3 is 5.97 Å². The van der Waals surface area contributed by atoms with E-state index in [1.54, 1.807) is 0 Å². The highest BCUT2D eigenvalue weighted by molar-refractivity contribution is 5.66. The first-order valence-corrected chi connectivity index (χ1v) is 8.98. The van der Waals surface area contributed by atoms with Crippen LogP contribution in [-0.4, -0.2) is 37.1 Å². The molecule has 1 atom stereocenters. The number of aromatic nitrogens is 3. The fourth-order valence-electron chi connectivity index (χ4n) is 3.53. The Morgan fingerprint density at radius 1 is 1.40 bits per heavy atom. The molecular weight excluding hydrogens is 316 g/mol. The third-order valence-electron chi connectivity index (χ3n) is 4.78. The lowest BCUT2D eigenvalue weighted by Crippen LogP contribution is -2.25. The van der Waals surface area contributed by atoms with Crippen LogP contribution in [0.15, 0.2) is 30.6 Å². The molecule has 0 spiro atoms. The minimum atomic E-state index is -0.782. The van der Waals surface area contributed by atoms with Crippen molar-refractivity contribution in [1.29, 1.82) is 0 Å². The van der Waals surface area contributed by atoms with Gasteiger partial charge in [0.2, 0.25) is 0 Å². The number of rotatable bonds is 7. The van der Waals surface area contributed by atoms with Crippen molar-refractivity contribution in [3.05, 3.63) is 47.8 Å². The number of carboxylic acids is 1. The zero-order chi connectivity index (χ0) is 17.8. The van der Waals surface area contributed by atoms with Crippen molar-refractivity contribution in [3.8, 4) is 0 Å². The van der Waals surface area contributed by atoms with Crippen LogP contribution in [0, 0.1) is 0 Å². The summed E-state index contributed by atoms with van der Waals surface area (Å²) in [5.74, 6) is 0.305. The quantitative estimate of drug-likeness (QED) is 0.836. The molecule has 6 heteroatoms. The van der Waals surface area contributed by atoms with Gasteiger partial charge in [-0.15, -0.1) is 0 Å². The number of likely N-dealkylation sites (tertiary alicyclic amines) is 1. The molecule has 1 fully saturated rings. The summed E-state index contributed by atoms with van der Waals surface area (Å²) < 4.78 is 2.21. The Bertz CT molecular complexity index is 726. The first-order valence-electron chi connectivity index (χ1n) is 8.98. The van der Waals surface area contributed by atoms with Crippen LogP contribution in [0.1, 0.15) is 62.4 Å². The molecule has 0 saturated carbocycles. The van der Waals surface area contributed by atoms with Gasteiger partial charge < -0.3 is 9.67 Å². The highest BCUT2D eigenvalue weighted by Crippen LogP contribution is 2.32. The molecule has 0 aromatic carbocycles. The third-order valence-corrected chi connectivity index (χ3v) is 4.78. The van der Waals surface area contributed by atoms with Gasteiger partial charge in [-0.3, -0.25) is 14.7 Å².